The summed E-state index contributed by atoms with van der Waals surface area (Å²) in [6.45, 7) is 1.87. The largest absolute Gasteiger partial charge is 0.490 e. The maximum atomic E-state index is 12.0. The van der Waals surface area contributed by atoms with Crippen LogP contribution in [0.1, 0.15) is 19.3 Å². The third kappa shape index (κ3) is 4.16. The highest BCUT2D eigenvalue weighted by Gasteiger charge is 2.19. The van der Waals surface area contributed by atoms with E-state index >= 15 is 0 Å². The molecule has 0 bridgehead atoms. The molecule has 1 fully saturated rings. The number of nitro benzene ring substituents is 1. The number of piperidine rings is 1. The van der Waals surface area contributed by atoms with Crippen molar-refractivity contribution >= 4 is 17.3 Å². The molecule has 0 atom stereocenters. The summed E-state index contributed by atoms with van der Waals surface area (Å²) in [5, 5.41) is 16.9. The van der Waals surface area contributed by atoms with Gasteiger partial charge in [0.1, 0.15) is 0 Å². The first kappa shape index (κ1) is 15.2. The van der Waals surface area contributed by atoms with Gasteiger partial charge in [0.15, 0.2) is 5.75 Å². The Kier molecular flexibility index (Phi) is 5.10. The van der Waals surface area contributed by atoms with E-state index in [1.165, 1.54) is 19.2 Å². The molecule has 0 aromatic heterocycles. The van der Waals surface area contributed by atoms with E-state index in [1.807, 2.05) is 0 Å². The molecule has 1 aliphatic heterocycles. The van der Waals surface area contributed by atoms with Crippen molar-refractivity contribution in [1.29, 1.82) is 0 Å². The molecule has 21 heavy (non-hydrogen) atoms. The van der Waals surface area contributed by atoms with E-state index in [4.69, 9.17) is 4.74 Å². The molecule has 1 amide bonds. The Bertz CT molecular complexity index is 527. The van der Waals surface area contributed by atoms with Crippen LogP contribution in [0.4, 0.5) is 11.4 Å². The zero-order valence-corrected chi connectivity index (χ0v) is 11.9. The van der Waals surface area contributed by atoms with Gasteiger partial charge in [-0.15, -0.1) is 0 Å². The second-order valence-corrected chi connectivity index (χ2v) is 5.09. The van der Waals surface area contributed by atoms with Gasteiger partial charge < -0.3 is 15.4 Å². The maximum absolute atomic E-state index is 12.0. The van der Waals surface area contributed by atoms with E-state index in [9.17, 15) is 14.9 Å². The highest BCUT2D eigenvalue weighted by Crippen LogP contribution is 2.29. The average molecular weight is 293 g/mol. The lowest BCUT2D eigenvalue weighted by Gasteiger charge is -2.21. The highest BCUT2D eigenvalue weighted by atomic mass is 16.6. The molecule has 1 saturated heterocycles. The minimum Gasteiger partial charge on any atom is -0.490 e. The molecule has 2 N–H and O–H groups in total. The zero-order chi connectivity index (χ0) is 15.2. The summed E-state index contributed by atoms with van der Waals surface area (Å²) in [4.78, 5) is 22.4. The molecule has 114 valence electrons. The summed E-state index contributed by atoms with van der Waals surface area (Å²) in [5.41, 5.74) is 0.263. The predicted molar refractivity (Wildman–Crippen MR) is 78.5 cm³/mol. The van der Waals surface area contributed by atoms with Gasteiger partial charge in [0.2, 0.25) is 5.91 Å². The van der Waals surface area contributed by atoms with Gasteiger partial charge in [0, 0.05) is 18.2 Å². The number of methoxy groups -OCH3 is 1. The van der Waals surface area contributed by atoms with Crippen molar-refractivity contribution in [2.75, 3.05) is 25.5 Å². The van der Waals surface area contributed by atoms with Crippen LogP contribution >= 0.6 is 0 Å². The molecular weight excluding hydrogens is 274 g/mol. The second-order valence-electron chi connectivity index (χ2n) is 5.09. The normalized spacial score (nSPS) is 15.5. The number of ether oxygens (including phenoxy) is 1. The van der Waals surface area contributed by atoms with Gasteiger partial charge in [-0.2, -0.15) is 0 Å². The molecule has 1 aliphatic rings. The van der Waals surface area contributed by atoms with Crippen LogP contribution in [0.2, 0.25) is 0 Å². The molecule has 0 saturated carbocycles. The Balaban J connectivity index is 2.00. The van der Waals surface area contributed by atoms with Crippen molar-refractivity contribution in [1.82, 2.24) is 5.32 Å². The second kappa shape index (κ2) is 7.03. The predicted octanol–water partition coefficient (Wildman–Crippen LogP) is 1.93. The number of amides is 1. The van der Waals surface area contributed by atoms with Gasteiger partial charge >= 0.3 is 5.69 Å². The van der Waals surface area contributed by atoms with E-state index in [0.29, 0.717) is 18.0 Å². The van der Waals surface area contributed by atoms with Crippen LogP contribution < -0.4 is 15.4 Å². The van der Waals surface area contributed by atoms with Crippen LogP contribution in [0.25, 0.3) is 0 Å². The molecule has 0 unspecified atom stereocenters. The Morgan fingerprint density at radius 1 is 1.48 bits per heavy atom. The highest BCUT2D eigenvalue weighted by molar-refractivity contribution is 5.91. The van der Waals surface area contributed by atoms with E-state index < -0.39 is 4.92 Å². The average Bonchev–Trinajstić information content (AvgIpc) is 2.48. The topological polar surface area (TPSA) is 93.5 Å². The van der Waals surface area contributed by atoms with Gasteiger partial charge in [-0.05, 0) is 44.0 Å². The Hall–Kier alpha value is -2.15. The standard InChI is InChI=1S/C14H19N3O4/c1-21-13-3-2-11(9-12(13)17(19)20)16-14(18)8-10-4-6-15-7-5-10/h2-3,9-10,15H,4-8H2,1H3,(H,16,18). The molecule has 1 aromatic carbocycles. The van der Waals surface area contributed by atoms with Crippen LogP contribution in [0.15, 0.2) is 18.2 Å². The van der Waals surface area contributed by atoms with Gasteiger partial charge in [0.05, 0.1) is 12.0 Å². The fourth-order valence-electron chi connectivity index (χ4n) is 2.47. The number of nitro groups is 1. The molecule has 0 aliphatic carbocycles. The van der Waals surface area contributed by atoms with Crippen molar-refractivity contribution in [3.8, 4) is 5.75 Å². The smallest absolute Gasteiger partial charge is 0.312 e. The third-order valence-electron chi connectivity index (χ3n) is 3.59. The minimum absolute atomic E-state index is 0.110. The van der Waals surface area contributed by atoms with Gasteiger partial charge in [-0.1, -0.05) is 0 Å². The summed E-state index contributed by atoms with van der Waals surface area (Å²) in [7, 11) is 1.37. The van der Waals surface area contributed by atoms with E-state index in [1.54, 1.807) is 6.07 Å². The van der Waals surface area contributed by atoms with E-state index in [2.05, 4.69) is 10.6 Å². The number of rotatable bonds is 5. The minimum atomic E-state index is -0.526. The molecule has 1 aromatic rings. The fourth-order valence-corrected chi connectivity index (χ4v) is 2.47. The number of nitrogens with zero attached hydrogens (tertiary/aromatic N) is 1. The van der Waals surface area contributed by atoms with Crippen molar-refractivity contribution < 1.29 is 14.5 Å². The van der Waals surface area contributed by atoms with Crippen LogP contribution in [0.5, 0.6) is 5.75 Å². The number of nitrogens with one attached hydrogen (secondary N) is 2. The summed E-state index contributed by atoms with van der Waals surface area (Å²) in [6, 6.07) is 4.41. The van der Waals surface area contributed by atoms with E-state index in [0.717, 1.165) is 25.9 Å². The van der Waals surface area contributed by atoms with Crippen molar-refractivity contribution in [3.05, 3.63) is 28.3 Å². The number of hydrogen-bond acceptors (Lipinski definition) is 5. The monoisotopic (exact) mass is 293 g/mol. The first-order chi connectivity index (χ1) is 10.1. The maximum Gasteiger partial charge on any atom is 0.312 e. The third-order valence-corrected chi connectivity index (χ3v) is 3.59. The number of anilines is 1. The molecule has 7 nitrogen and oxygen atoms in total. The number of carbonyl (C=O) groups excluding carboxylic acids is 1. The molecule has 0 radical (unpaired) electrons. The van der Waals surface area contributed by atoms with Crippen molar-refractivity contribution in [2.24, 2.45) is 5.92 Å². The Morgan fingerprint density at radius 2 is 2.19 bits per heavy atom. The molecule has 1 heterocycles. The molecule has 0 spiro atoms. The summed E-state index contributed by atoms with van der Waals surface area (Å²) in [5.74, 6) is 0.442. The van der Waals surface area contributed by atoms with Crippen molar-refractivity contribution in [2.45, 2.75) is 19.3 Å². The molecular formula is C14H19N3O4. The van der Waals surface area contributed by atoms with E-state index in [-0.39, 0.29) is 17.3 Å². The lowest BCUT2D eigenvalue weighted by Crippen LogP contribution is -2.30. The number of carbonyl (C=O) groups is 1. The fraction of sp³-hybridized carbons (Fsp3) is 0.500. The summed E-state index contributed by atoms with van der Waals surface area (Å²) >= 11 is 0. The summed E-state index contributed by atoms with van der Waals surface area (Å²) < 4.78 is 4.93. The van der Waals surface area contributed by atoms with Gasteiger partial charge in [0.25, 0.3) is 0 Å². The van der Waals surface area contributed by atoms with Crippen LogP contribution in [0, 0.1) is 16.0 Å². The Morgan fingerprint density at radius 3 is 2.81 bits per heavy atom. The molecule has 2 rings (SSSR count). The summed E-state index contributed by atoms with van der Waals surface area (Å²) in [6.07, 6.45) is 2.41. The van der Waals surface area contributed by atoms with Gasteiger partial charge in [-0.25, -0.2) is 0 Å². The first-order valence-corrected chi connectivity index (χ1v) is 6.93. The zero-order valence-electron chi connectivity index (χ0n) is 11.9. The first-order valence-electron chi connectivity index (χ1n) is 6.93. The quantitative estimate of drug-likeness (QED) is 0.639. The Labute approximate surface area is 122 Å². The SMILES string of the molecule is COc1ccc(NC(=O)CC2CCNCC2)cc1[N+](=O)[O-]. The number of hydrogen-bond donors (Lipinski definition) is 2. The van der Waals surface area contributed by atoms with Crippen LogP contribution in [0.3, 0.4) is 0 Å². The van der Waals surface area contributed by atoms with Gasteiger partial charge in [-0.3, -0.25) is 14.9 Å². The number of benzene rings is 1. The van der Waals surface area contributed by atoms with Crippen LogP contribution in [-0.2, 0) is 4.79 Å². The van der Waals surface area contributed by atoms with Crippen molar-refractivity contribution in [3.63, 3.8) is 0 Å². The lowest BCUT2D eigenvalue weighted by atomic mass is 9.94. The molecule has 7 heteroatoms. The lowest BCUT2D eigenvalue weighted by molar-refractivity contribution is -0.385. The van der Waals surface area contributed by atoms with Crippen LogP contribution in [-0.4, -0.2) is 31.0 Å².